The minimum atomic E-state index is 0.126. The third-order valence-corrected chi connectivity index (χ3v) is 6.02. The van der Waals surface area contributed by atoms with E-state index in [1.807, 2.05) is 29.2 Å². The Labute approximate surface area is 179 Å². The predicted octanol–water partition coefficient (Wildman–Crippen LogP) is 3.55. The van der Waals surface area contributed by atoms with Gasteiger partial charge < -0.3 is 9.80 Å². The van der Waals surface area contributed by atoms with Crippen molar-refractivity contribution >= 4 is 11.7 Å². The van der Waals surface area contributed by atoms with Gasteiger partial charge in [-0.25, -0.2) is 4.98 Å². The van der Waals surface area contributed by atoms with Gasteiger partial charge in [-0.1, -0.05) is 26.0 Å². The van der Waals surface area contributed by atoms with Crippen LogP contribution in [0.5, 0.6) is 0 Å². The second-order valence-corrected chi connectivity index (χ2v) is 8.84. The molecular weight excluding hydrogens is 374 g/mol. The lowest BCUT2D eigenvalue weighted by Gasteiger charge is -2.35. The maximum absolute atomic E-state index is 13.0. The first kappa shape index (κ1) is 20.8. The predicted molar refractivity (Wildman–Crippen MR) is 121 cm³/mol. The van der Waals surface area contributed by atoms with Gasteiger partial charge in [-0.15, -0.1) is 0 Å². The molecule has 6 heteroatoms. The van der Waals surface area contributed by atoms with Gasteiger partial charge in [-0.05, 0) is 37.3 Å². The van der Waals surface area contributed by atoms with Crippen LogP contribution < -0.4 is 4.90 Å². The molecule has 3 heterocycles. The Hall–Kier alpha value is -2.47. The zero-order chi connectivity index (χ0) is 20.9. The largest absolute Gasteiger partial charge is 0.355 e. The average Bonchev–Trinajstić information content (AvgIpc) is 2.79. The Kier molecular flexibility index (Phi) is 6.62. The van der Waals surface area contributed by atoms with Gasteiger partial charge in [0.05, 0.1) is 0 Å². The van der Waals surface area contributed by atoms with Crippen molar-refractivity contribution in [3.8, 4) is 11.3 Å². The van der Waals surface area contributed by atoms with Crippen molar-refractivity contribution in [3.63, 3.8) is 0 Å². The molecule has 30 heavy (non-hydrogen) atoms. The summed E-state index contributed by atoms with van der Waals surface area (Å²) in [5.41, 5.74) is 2.67. The third-order valence-electron chi connectivity index (χ3n) is 6.02. The number of hydrogen-bond donors (Lipinski definition) is 0. The van der Waals surface area contributed by atoms with E-state index in [-0.39, 0.29) is 5.91 Å². The molecule has 1 aromatic carbocycles. The Morgan fingerprint density at radius 2 is 1.57 bits per heavy atom. The van der Waals surface area contributed by atoms with Gasteiger partial charge in [0, 0.05) is 69.3 Å². The molecule has 2 aliphatic heterocycles. The number of amides is 1. The van der Waals surface area contributed by atoms with Gasteiger partial charge in [0.15, 0.2) is 5.82 Å². The first-order valence-electron chi connectivity index (χ1n) is 11.3. The summed E-state index contributed by atoms with van der Waals surface area (Å²) in [5, 5.41) is 0. The Morgan fingerprint density at radius 1 is 0.900 bits per heavy atom. The normalized spacial score (nSPS) is 18.1. The van der Waals surface area contributed by atoms with Crippen LogP contribution in [0.1, 0.15) is 43.5 Å². The molecule has 1 aromatic heterocycles. The van der Waals surface area contributed by atoms with E-state index in [0.717, 1.165) is 68.5 Å². The summed E-state index contributed by atoms with van der Waals surface area (Å²) in [7, 11) is 0. The smallest absolute Gasteiger partial charge is 0.253 e. The quantitative estimate of drug-likeness (QED) is 0.759. The molecule has 160 valence electrons. The SMILES string of the molecule is CC(C)CN1CCN(C(=O)c2ccc(-c3nccnc3N3CCCCC3)cc2)CC1. The summed E-state index contributed by atoms with van der Waals surface area (Å²) >= 11 is 0. The fourth-order valence-electron chi connectivity index (χ4n) is 4.47. The highest BCUT2D eigenvalue weighted by atomic mass is 16.2. The van der Waals surface area contributed by atoms with E-state index < -0.39 is 0 Å². The third kappa shape index (κ3) is 4.81. The van der Waals surface area contributed by atoms with Crippen molar-refractivity contribution in [3.05, 3.63) is 42.2 Å². The molecule has 0 N–H and O–H groups in total. The summed E-state index contributed by atoms with van der Waals surface area (Å²) < 4.78 is 0. The number of carbonyl (C=O) groups excluding carboxylic acids is 1. The molecule has 0 saturated carbocycles. The topological polar surface area (TPSA) is 52.6 Å². The summed E-state index contributed by atoms with van der Waals surface area (Å²) in [4.78, 5) is 29.0. The van der Waals surface area contributed by atoms with Crippen molar-refractivity contribution in [2.24, 2.45) is 5.92 Å². The van der Waals surface area contributed by atoms with Gasteiger partial charge in [0.1, 0.15) is 5.69 Å². The lowest BCUT2D eigenvalue weighted by atomic mass is 10.1. The van der Waals surface area contributed by atoms with Crippen molar-refractivity contribution < 1.29 is 4.79 Å². The number of piperidine rings is 1. The maximum Gasteiger partial charge on any atom is 0.253 e. The number of aromatic nitrogens is 2. The molecule has 0 spiro atoms. The lowest BCUT2D eigenvalue weighted by Crippen LogP contribution is -2.49. The van der Waals surface area contributed by atoms with E-state index in [4.69, 9.17) is 0 Å². The van der Waals surface area contributed by atoms with Gasteiger partial charge >= 0.3 is 0 Å². The van der Waals surface area contributed by atoms with Gasteiger partial charge in [0.2, 0.25) is 0 Å². The molecule has 6 nitrogen and oxygen atoms in total. The standard InChI is InChI=1S/C24H33N5O/c1-19(2)18-27-14-16-29(17-15-27)24(30)21-8-6-20(7-9-21)22-23(26-11-10-25-22)28-12-4-3-5-13-28/h6-11,19H,3-5,12-18H2,1-2H3. The highest BCUT2D eigenvalue weighted by molar-refractivity contribution is 5.95. The minimum absolute atomic E-state index is 0.126. The zero-order valence-corrected chi connectivity index (χ0v) is 18.3. The molecule has 0 radical (unpaired) electrons. The molecule has 2 fully saturated rings. The second kappa shape index (κ2) is 9.56. The highest BCUT2D eigenvalue weighted by Crippen LogP contribution is 2.29. The lowest BCUT2D eigenvalue weighted by molar-refractivity contribution is 0.0624. The molecule has 2 aromatic rings. The molecule has 0 bridgehead atoms. The number of piperazine rings is 1. The van der Waals surface area contributed by atoms with Crippen LogP contribution in [0.25, 0.3) is 11.3 Å². The van der Waals surface area contributed by atoms with Crippen molar-refractivity contribution in [1.82, 2.24) is 19.8 Å². The highest BCUT2D eigenvalue weighted by Gasteiger charge is 2.23. The Morgan fingerprint density at radius 3 is 2.23 bits per heavy atom. The van der Waals surface area contributed by atoms with Crippen LogP contribution in [-0.2, 0) is 0 Å². The first-order valence-corrected chi connectivity index (χ1v) is 11.3. The first-order chi connectivity index (χ1) is 14.6. The fraction of sp³-hybridized carbons (Fsp3) is 0.542. The Bertz CT molecular complexity index is 837. The molecule has 2 aliphatic rings. The maximum atomic E-state index is 13.0. The van der Waals surface area contributed by atoms with Crippen molar-refractivity contribution in [2.75, 3.05) is 50.7 Å². The molecule has 0 atom stereocenters. The molecule has 0 aliphatic carbocycles. The van der Waals surface area contributed by atoms with E-state index >= 15 is 0 Å². The number of carbonyl (C=O) groups is 1. The molecule has 2 saturated heterocycles. The van der Waals surface area contributed by atoms with Gasteiger partial charge in [0.25, 0.3) is 5.91 Å². The Balaban J connectivity index is 1.44. The monoisotopic (exact) mass is 407 g/mol. The molecule has 1 amide bonds. The summed E-state index contributed by atoms with van der Waals surface area (Å²) in [6.07, 6.45) is 7.21. The average molecular weight is 408 g/mol. The van der Waals surface area contributed by atoms with Gasteiger partial charge in [-0.3, -0.25) is 14.7 Å². The van der Waals surface area contributed by atoms with E-state index in [1.165, 1.54) is 19.3 Å². The van der Waals surface area contributed by atoms with E-state index in [9.17, 15) is 4.79 Å². The van der Waals surface area contributed by atoms with E-state index in [2.05, 4.69) is 33.6 Å². The number of hydrogen-bond acceptors (Lipinski definition) is 5. The summed E-state index contributed by atoms with van der Waals surface area (Å²) in [6.45, 7) is 11.2. The summed E-state index contributed by atoms with van der Waals surface area (Å²) in [6, 6.07) is 7.90. The minimum Gasteiger partial charge on any atom is -0.355 e. The fourth-order valence-corrected chi connectivity index (χ4v) is 4.47. The van der Waals surface area contributed by atoms with Crippen molar-refractivity contribution in [1.29, 1.82) is 0 Å². The second-order valence-electron chi connectivity index (χ2n) is 8.84. The van der Waals surface area contributed by atoms with E-state index in [1.54, 1.807) is 12.4 Å². The number of benzene rings is 1. The van der Waals surface area contributed by atoms with Crippen molar-refractivity contribution in [2.45, 2.75) is 33.1 Å². The summed E-state index contributed by atoms with van der Waals surface area (Å²) in [5.74, 6) is 1.74. The van der Waals surface area contributed by atoms with Crippen LogP contribution in [0.2, 0.25) is 0 Å². The van der Waals surface area contributed by atoms with Crippen LogP contribution in [0.3, 0.4) is 0 Å². The number of nitrogens with zero attached hydrogens (tertiary/aromatic N) is 5. The van der Waals surface area contributed by atoms with Crippen LogP contribution in [-0.4, -0.2) is 71.5 Å². The van der Waals surface area contributed by atoms with E-state index in [0.29, 0.717) is 5.92 Å². The van der Waals surface area contributed by atoms with Crippen LogP contribution in [0.15, 0.2) is 36.7 Å². The van der Waals surface area contributed by atoms with Crippen LogP contribution >= 0.6 is 0 Å². The number of anilines is 1. The zero-order valence-electron chi connectivity index (χ0n) is 18.3. The van der Waals surface area contributed by atoms with Crippen LogP contribution in [0.4, 0.5) is 5.82 Å². The molecular formula is C24H33N5O. The molecule has 0 unspecified atom stereocenters. The van der Waals surface area contributed by atoms with Crippen LogP contribution in [0, 0.1) is 5.92 Å². The van der Waals surface area contributed by atoms with Gasteiger partial charge in [-0.2, -0.15) is 0 Å². The molecule has 4 rings (SSSR count). The number of rotatable bonds is 5.